The van der Waals surface area contributed by atoms with Gasteiger partial charge in [-0.15, -0.1) is 5.10 Å². The summed E-state index contributed by atoms with van der Waals surface area (Å²) >= 11 is 0. The molecule has 0 saturated carbocycles. The van der Waals surface area contributed by atoms with Crippen molar-refractivity contribution < 1.29 is 9.21 Å². The Kier molecular flexibility index (Phi) is 5.17. The molecule has 1 aliphatic rings. The first kappa shape index (κ1) is 19.4. The first-order chi connectivity index (χ1) is 15.2. The van der Waals surface area contributed by atoms with Gasteiger partial charge in [0.15, 0.2) is 11.4 Å². The highest BCUT2D eigenvalue weighted by Gasteiger charge is 2.21. The zero-order valence-corrected chi connectivity index (χ0v) is 17.3. The van der Waals surface area contributed by atoms with Gasteiger partial charge >= 0.3 is 0 Å². The molecule has 1 amide bonds. The minimum Gasteiger partial charge on any atom is -0.439 e. The summed E-state index contributed by atoms with van der Waals surface area (Å²) in [4.78, 5) is 21.1. The minimum atomic E-state index is -0.111. The molecule has 0 fully saturated rings. The summed E-state index contributed by atoms with van der Waals surface area (Å²) < 4.78 is 7.29. The third-order valence-electron chi connectivity index (χ3n) is 5.60. The number of para-hydroxylation sites is 2. The van der Waals surface area contributed by atoms with Crippen LogP contribution in [0.4, 0.5) is 0 Å². The van der Waals surface area contributed by atoms with Crippen molar-refractivity contribution in [2.45, 2.75) is 32.6 Å². The van der Waals surface area contributed by atoms with Crippen LogP contribution in [-0.4, -0.2) is 54.5 Å². The van der Waals surface area contributed by atoms with E-state index >= 15 is 0 Å². The molecular formula is C22H23N7O2. The maximum Gasteiger partial charge on any atom is 0.244 e. The smallest absolute Gasteiger partial charge is 0.244 e. The number of aromatic nitrogens is 5. The van der Waals surface area contributed by atoms with Crippen LogP contribution in [-0.2, 0) is 37.4 Å². The first-order valence-electron chi connectivity index (χ1n) is 10.3. The van der Waals surface area contributed by atoms with E-state index < -0.39 is 0 Å². The molecular weight excluding hydrogens is 394 g/mol. The molecule has 2 aromatic carbocycles. The van der Waals surface area contributed by atoms with Gasteiger partial charge in [-0.3, -0.25) is 9.69 Å². The number of oxazole rings is 1. The summed E-state index contributed by atoms with van der Waals surface area (Å²) in [5.41, 5.74) is 4.23. The van der Waals surface area contributed by atoms with Crippen molar-refractivity contribution in [3.05, 3.63) is 71.4 Å². The number of carbonyl (C=O) groups excluding carboxylic acids is 1. The second-order valence-electron chi connectivity index (χ2n) is 7.81. The Morgan fingerprint density at radius 3 is 2.81 bits per heavy atom. The molecule has 9 nitrogen and oxygen atoms in total. The van der Waals surface area contributed by atoms with Gasteiger partial charge in [-0.1, -0.05) is 36.4 Å². The molecule has 0 saturated heterocycles. The fourth-order valence-corrected chi connectivity index (χ4v) is 3.88. The van der Waals surface area contributed by atoms with E-state index in [1.54, 1.807) is 16.6 Å². The van der Waals surface area contributed by atoms with Crippen LogP contribution in [0.3, 0.4) is 0 Å². The number of tetrazole rings is 1. The van der Waals surface area contributed by atoms with E-state index in [0.717, 1.165) is 25.0 Å². The molecule has 0 N–H and O–H groups in total. The zero-order chi connectivity index (χ0) is 21.2. The predicted octanol–water partition coefficient (Wildman–Crippen LogP) is 2.03. The lowest BCUT2D eigenvalue weighted by molar-refractivity contribution is -0.131. The van der Waals surface area contributed by atoms with E-state index in [-0.39, 0.29) is 19.0 Å². The summed E-state index contributed by atoms with van der Waals surface area (Å²) in [6.07, 6.45) is 1.00. The molecule has 3 heterocycles. The number of benzene rings is 2. The fraction of sp³-hybridized carbons (Fsp3) is 0.318. The Morgan fingerprint density at radius 2 is 1.94 bits per heavy atom. The summed E-state index contributed by atoms with van der Waals surface area (Å²) in [5.74, 6) is 1.07. The van der Waals surface area contributed by atoms with E-state index in [2.05, 4.69) is 49.7 Å². The fourth-order valence-electron chi connectivity index (χ4n) is 3.88. The number of nitrogens with zero attached hydrogens (tertiary/aromatic N) is 7. The Bertz CT molecular complexity index is 1180. The average Bonchev–Trinajstić information content (AvgIpc) is 3.39. The predicted molar refractivity (Wildman–Crippen MR) is 113 cm³/mol. The van der Waals surface area contributed by atoms with Gasteiger partial charge in [-0.2, -0.15) is 0 Å². The molecule has 31 heavy (non-hydrogen) atoms. The maximum atomic E-state index is 12.8. The van der Waals surface area contributed by atoms with Crippen LogP contribution in [0.1, 0.15) is 22.8 Å². The number of rotatable bonds is 6. The Morgan fingerprint density at radius 1 is 1.13 bits per heavy atom. The van der Waals surface area contributed by atoms with Crippen molar-refractivity contribution >= 4 is 17.0 Å². The normalized spacial score (nSPS) is 14.0. The van der Waals surface area contributed by atoms with Gasteiger partial charge in [-0.05, 0) is 40.1 Å². The van der Waals surface area contributed by atoms with Crippen LogP contribution in [0.25, 0.3) is 11.1 Å². The average molecular weight is 417 g/mol. The lowest BCUT2D eigenvalue weighted by Crippen LogP contribution is -2.33. The van der Waals surface area contributed by atoms with Gasteiger partial charge in [-0.25, -0.2) is 9.67 Å². The highest BCUT2D eigenvalue weighted by atomic mass is 16.3. The Hall–Kier alpha value is -3.59. The third-order valence-corrected chi connectivity index (χ3v) is 5.60. The number of carbonyl (C=O) groups is 1. The summed E-state index contributed by atoms with van der Waals surface area (Å²) in [6.45, 7) is 2.75. The molecule has 158 valence electrons. The number of hydrogen-bond donors (Lipinski definition) is 0. The van der Waals surface area contributed by atoms with Crippen molar-refractivity contribution in [3.8, 4) is 0 Å². The monoisotopic (exact) mass is 417 g/mol. The van der Waals surface area contributed by atoms with Crippen LogP contribution in [0.15, 0.2) is 52.9 Å². The molecule has 0 spiro atoms. The van der Waals surface area contributed by atoms with Crippen LogP contribution in [0.5, 0.6) is 0 Å². The Balaban J connectivity index is 1.22. The standard InChI is InChI=1S/C22H23N7O2/c1-27(14-21-23-18-8-4-5-9-19(18)31-21)22(30)15-29-20(24-25-26-29)13-28-11-10-16-6-2-3-7-17(16)12-28/h2-9H,10-15H2,1H3. The molecule has 0 atom stereocenters. The van der Waals surface area contributed by atoms with E-state index in [9.17, 15) is 4.79 Å². The largest absolute Gasteiger partial charge is 0.439 e. The van der Waals surface area contributed by atoms with Crippen LogP contribution >= 0.6 is 0 Å². The van der Waals surface area contributed by atoms with Crippen LogP contribution in [0, 0.1) is 0 Å². The van der Waals surface area contributed by atoms with Gasteiger partial charge in [0.2, 0.25) is 11.8 Å². The molecule has 5 rings (SSSR count). The van der Waals surface area contributed by atoms with Gasteiger partial charge < -0.3 is 9.32 Å². The van der Waals surface area contributed by atoms with Crippen molar-refractivity contribution in [3.63, 3.8) is 0 Å². The first-order valence-corrected chi connectivity index (χ1v) is 10.3. The third kappa shape index (κ3) is 4.17. The van der Waals surface area contributed by atoms with Gasteiger partial charge in [0.05, 0.1) is 13.1 Å². The maximum absolute atomic E-state index is 12.8. The lowest BCUT2D eigenvalue weighted by Gasteiger charge is -2.28. The van der Waals surface area contributed by atoms with Crippen LogP contribution in [0.2, 0.25) is 0 Å². The number of likely N-dealkylation sites (N-methyl/N-ethyl adjacent to an activating group) is 1. The summed E-state index contributed by atoms with van der Waals surface area (Å²) in [5, 5.41) is 12.0. The van der Waals surface area contributed by atoms with Gasteiger partial charge in [0.25, 0.3) is 0 Å². The van der Waals surface area contributed by atoms with E-state index in [0.29, 0.717) is 23.8 Å². The van der Waals surface area contributed by atoms with Crippen molar-refractivity contribution in [2.75, 3.05) is 13.6 Å². The second-order valence-corrected chi connectivity index (χ2v) is 7.81. The van der Waals surface area contributed by atoms with Crippen molar-refractivity contribution in [1.82, 2.24) is 35.0 Å². The highest BCUT2D eigenvalue weighted by molar-refractivity contribution is 5.76. The molecule has 0 radical (unpaired) electrons. The minimum absolute atomic E-state index is 0.0729. The molecule has 1 aliphatic heterocycles. The number of hydrogen-bond acceptors (Lipinski definition) is 7. The topological polar surface area (TPSA) is 93.2 Å². The van der Waals surface area contributed by atoms with Crippen LogP contribution < -0.4 is 0 Å². The van der Waals surface area contributed by atoms with E-state index in [1.165, 1.54) is 11.1 Å². The number of amides is 1. The van der Waals surface area contributed by atoms with Gasteiger partial charge in [0.1, 0.15) is 12.1 Å². The summed E-state index contributed by atoms with van der Waals surface area (Å²) in [7, 11) is 1.72. The van der Waals surface area contributed by atoms with Crippen molar-refractivity contribution in [1.29, 1.82) is 0 Å². The van der Waals surface area contributed by atoms with E-state index in [4.69, 9.17) is 4.42 Å². The van der Waals surface area contributed by atoms with Crippen molar-refractivity contribution in [2.24, 2.45) is 0 Å². The second kappa shape index (κ2) is 8.27. The quantitative estimate of drug-likeness (QED) is 0.474. The Labute approximate surface area is 179 Å². The molecule has 0 aliphatic carbocycles. The summed E-state index contributed by atoms with van der Waals surface area (Å²) in [6, 6.07) is 16.0. The SMILES string of the molecule is CN(Cc1nc2ccccc2o1)C(=O)Cn1nnnc1CN1CCc2ccccc2C1. The van der Waals surface area contributed by atoms with E-state index in [1.807, 2.05) is 24.3 Å². The zero-order valence-electron chi connectivity index (χ0n) is 17.3. The molecule has 2 aromatic heterocycles. The molecule has 9 heteroatoms. The molecule has 0 bridgehead atoms. The molecule has 0 unspecified atom stereocenters. The lowest BCUT2D eigenvalue weighted by atomic mass is 10.00. The number of fused-ring (bicyclic) bond motifs is 2. The van der Waals surface area contributed by atoms with Gasteiger partial charge in [0, 0.05) is 20.1 Å². The highest BCUT2D eigenvalue weighted by Crippen LogP contribution is 2.20. The molecule has 4 aromatic rings.